The Bertz CT molecular complexity index is 971. The molecular formula is C22H28N6O4. The molecule has 32 heavy (non-hydrogen) atoms. The highest BCUT2D eigenvalue weighted by Gasteiger charge is 2.25. The number of nitrogens with zero attached hydrogens (tertiary/aromatic N) is 5. The lowest BCUT2D eigenvalue weighted by Crippen LogP contribution is -2.49. The molecule has 0 aromatic carbocycles. The summed E-state index contributed by atoms with van der Waals surface area (Å²) in [6, 6.07) is 7.17. The third kappa shape index (κ3) is 5.51. The van der Waals surface area contributed by atoms with Gasteiger partial charge in [0.15, 0.2) is 5.82 Å². The maximum atomic E-state index is 12.9. The second-order valence-electron chi connectivity index (χ2n) is 7.94. The monoisotopic (exact) mass is 440 g/mol. The van der Waals surface area contributed by atoms with Crippen LogP contribution in [0.15, 0.2) is 36.7 Å². The Labute approximate surface area is 186 Å². The SMILES string of the molecule is CC(C)Nc1cccnc1N1CCN(C(=O)c2ccc(C(=O)N(C)CC(=O)O)cn2)CC1. The van der Waals surface area contributed by atoms with Gasteiger partial charge in [-0.15, -0.1) is 0 Å². The quantitative estimate of drug-likeness (QED) is 0.664. The van der Waals surface area contributed by atoms with Crippen LogP contribution in [0.5, 0.6) is 0 Å². The first-order chi connectivity index (χ1) is 15.3. The number of pyridine rings is 2. The molecule has 0 bridgehead atoms. The van der Waals surface area contributed by atoms with Crippen LogP contribution in [0.4, 0.5) is 11.5 Å². The highest BCUT2D eigenvalue weighted by Crippen LogP contribution is 2.24. The number of hydrogen-bond donors (Lipinski definition) is 2. The molecule has 2 amide bonds. The number of nitrogens with one attached hydrogen (secondary N) is 1. The summed E-state index contributed by atoms with van der Waals surface area (Å²) in [6.07, 6.45) is 3.07. The van der Waals surface area contributed by atoms with Crippen molar-refractivity contribution in [3.63, 3.8) is 0 Å². The van der Waals surface area contributed by atoms with E-state index >= 15 is 0 Å². The van der Waals surface area contributed by atoms with Gasteiger partial charge in [-0.1, -0.05) is 0 Å². The van der Waals surface area contributed by atoms with Crippen LogP contribution in [-0.4, -0.2) is 88.5 Å². The van der Waals surface area contributed by atoms with E-state index in [1.54, 1.807) is 11.1 Å². The Morgan fingerprint density at radius 2 is 1.84 bits per heavy atom. The summed E-state index contributed by atoms with van der Waals surface area (Å²) in [7, 11) is 1.40. The van der Waals surface area contributed by atoms with Crippen molar-refractivity contribution >= 4 is 29.3 Å². The van der Waals surface area contributed by atoms with Gasteiger partial charge < -0.3 is 25.1 Å². The van der Waals surface area contributed by atoms with Gasteiger partial charge in [-0.3, -0.25) is 19.4 Å². The minimum Gasteiger partial charge on any atom is -0.480 e. The number of amides is 2. The lowest BCUT2D eigenvalue weighted by atomic mass is 10.2. The number of anilines is 2. The topological polar surface area (TPSA) is 119 Å². The highest BCUT2D eigenvalue weighted by molar-refractivity contribution is 5.97. The van der Waals surface area contributed by atoms with E-state index in [0.717, 1.165) is 16.4 Å². The zero-order chi connectivity index (χ0) is 23.3. The minimum absolute atomic E-state index is 0.205. The summed E-state index contributed by atoms with van der Waals surface area (Å²) in [5, 5.41) is 12.2. The molecule has 1 fully saturated rings. The molecule has 1 aliphatic heterocycles. The number of aromatic nitrogens is 2. The van der Waals surface area contributed by atoms with E-state index in [4.69, 9.17) is 5.11 Å². The van der Waals surface area contributed by atoms with E-state index in [1.807, 2.05) is 12.1 Å². The maximum absolute atomic E-state index is 12.9. The van der Waals surface area contributed by atoms with Crippen molar-refractivity contribution in [3.05, 3.63) is 47.9 Å². The smallest absolute Gasteiger partial charge is 0.323 e. The average molecular weight is 441 g/mol. The first-order valence-electron chi connectivity index (χ1n) is 10.5. The molecule has 1 aliphatic rings. The Hall–Kier alpha value is -3.69. The van der Waals surface area contributed by atoms with Gasteiger partial charge in [0.2, 0.25) is 0 Å². The van der Waals surface area contributed by atoms with Crippen molar-refractivity contribution in [1.29, 1.82) is 0 Å². The minimum atomic E-state index is -1.10. The van der Waals surface area contributed by atoms with Crippen LogP contribution in [0.1, 0.15) is 34.7 Å². The number of carbonyl (C=O) groups is 3. The number of piperazine rings is 1. The Kier molecular flexibility index (Phi) is 7.24. The largest absolute Gasteiger partial charge is 0.480 e. The molecular weight excluding hydrogens is 412 g/mol. The molecule has 0 radical (unpaired) electrons. The van der Waals surface area contributed by atoms with Gasteiger partial charge >= 0.3 is 5.97 Å². The number of carbonyl (C=O) groups excluding carboxylic acids is 2. The maximum Gasteiger partial charge on any atom is 0.323 e. The summed E-state index contributed by atoms with van der Waals surface area (Å²) in [5.41, 5.74) is 1.45. The number of rotatable bonds is 7. The van der Waals surface area contributed by atoms with Crippen LogP contribution < -0.4 is 10.2 Å². The summed E-state index contributed by atoms with van der Waals surface area (Å²) in [5.74, 6) is -0.893. The summed E-state index contributed by atoms with van der Waals surface area (Å²) < 4.78 is 0. The van der Waals surface area contributed by atoms with Crippen molar-refractivity contribution in [1.82, 2.24) is 19.8 Å². The predicted molar refractivity (Wildman–Crippen MR) is 120 cm³/mol. The number of likely N-dealkylation sites (N-methyl/N-ethyl adjacent to an activating group) is 1. The van der Waals surface area contributed by atoms with Crippen molar-refractivity contribution in [2.45, 2.75) is 19.9 Å². The molecule has 0 unspecified atom stereocenters. The molecule has 0 aliphatic carbocycles. The molecule has 1 saturated heterocycles. The lowest BCUT2D eigenvalue weighted by Gasteiger charge is -2.36. The summed E-state index contributed by atoms with van der Waals surface area (Å²) in [4.78, 5) is 49.5. The van der Waals surface area contributed by atoms with Crippen LogP contribution in [0.2, 0.25) is 0 Å². The summed E-state index contributed by atoms with van der Waals surface area (Å²) in [6.45, 7) is 6.08. The fourth-order valence-corrected chi connectivity index (χ4v) is 3.50. The first-order valence-corrected chi connectivity index (χ1v) is 10.5. The second-order valence-corrected chi connectivity index (χ2v) is 7.94. The molecule has 2 N–H and O–H groups in total. The first kappa shape index (κ1) is 23.0. The van der Waals surface area contributed by atoms with Gasteiger partial charge in [-0.05, 0) is 38.1 Å². The van der Waals surface area contributed by atoms with Crippen LogP contribution in [-0.2, 0) is 4.79 Å². The van der Waals surface area contributed by atoms with E-state index in [1.165, 1.54) is 25.4 Å². The molecule has 2 aromatic heterocycles. The lowest BCUT2D eigenvalue weighted by molar-refractivity contribution is -0.137. The van der Waals surface area contributed by atoms with Crippen molar-refractivity contribution in [2.24, 2.45) is 0 Å². The zero-order valence-corrected chi connectivity index (χ0v) is 18.5. The molecule has 0 saturated carbocycles. The standard InChI is InChI=1S/C22H28N6O4/c1-15(2)25-17-5-4-8-23-20(17)27-9-11-28(12-10-27)22(32)18-7-6-16(13-24-18)21(31)26(3)14-19(29)30/h4-8,13,15,25H,9-12,14H2,1-3H3,(H,29,30). The molecule has 3 rings (SSSR count). The molecule has 170 valence electrons. The average Bonchev–Trinajstić information content (AvgIpc) is 2.78. The summed E-state index contributed by atoms with van der Waals surface area (Å²) >= 11 is 0. The second kappa shape index (κ2) is 10.1. The molecule has 0 spiro atoms. The predicted octanol–water partition coefficient (Wildman–Crippen LogP) is 1.42. The zero-order valence-electron chi connectivity index (χ0n) is 18.5. The van der Waals surface area contributed by atoms with Gasteiger partial charge in [0.05, 0.1) is 11.3 Å². The number of carboxylic acid groups (broad SMARTS) is 1. The van der Waals surface area contributed by atoms with E-state index in [0.29, 0.717) is 26.2 Å². The fourth-order valence-electron chi connectivity index (χ4n) is 3.50. The number of aliphatic carboxylic acids is 1. The molecule has 3 heterocycles. The van der Waals surface area contributed by atoms with E-state index in [2.05, 4.69) is 34.0 Å². The van der Waals surface area contributed by atoms with Gasteiger partial charge in [0, 0.05) is 51.7 Å². The highest BCUT2D eigenvalue weighted by atomic mass is 16.4. The third-order valence-electron chi connectivity index (χ3n) is 5.05. The van der Waals surface area contributed by atoms with Crippen LogP contribution in [0, 0.1) is 0 Å². The van der Waals surface area contributed by atoms with Crippen molar-refractivity contribution in [2.75, 3.05) is 50.0 Å². The van der Waals surface area contributed by atoms with E-state index in [-0.39, 0.29) is 23.2 Å². The molecule has 10 heteroatoms. The molecule has 10 nitrogen and oxygen atoms in total. The number of carboxylic acids is 1. The van der Waals surface area contributed by atoms with Gasteiger partial charge in [0.1, 0.15) is 12.2 Å². The Balaban J connectivity index is 1.61. The third-order valence-corrected chi connectivity index (χ3v) is 5.05. The normalized spacial score (nSPS) is 13.8. The number of hydrogen-bond acceptors (Lipinski definition) is 7. The van der Waals surface area contributed by atoms with Crippen LogP contribution >= 0.6 is 0 Å². The van der Waals surface area contributed by atoms with Gasteiger partial charge in [-0.25, -0.2) is 4.98 Å². The fraction of sp³-hybridized carbons (Fsp3) is 0.409. The van der Waals surface area contributed by atoms with Crippen molar-refractivity contribution < 1.29 is 19.5 Å². The van der Waals surface area contributed by atoms with Crippen LogP contribution in [0.3, 0.4) is 0 Å². The van der Waals surface area contributed by atoms with Gasteiger partial charge in [0.25, 0.3) is 11.8 Å². The van der Waals surface area contributed by atoms with Crippen LogP contribution in [0.25, 0.3) is 0 Å². The van der Waals surface area contributed by atoms with E-state index < -0.39 is 18.4 Å². The molecule has 0 atom stereocenters. The Morgan fingerprint density at radius 1 is 1.12 bits per heavy atom. The van der Waals surface area contributed by atoms with Gasteiger partial charge in [-0.2, -0.15) is 0 Å². The van der Waals surface area contributed by atoms with E-state index in [9.17, 15) is 14.4 Å². The van der Waals surface area contributed by atoms with Crippen molar-refractivity contribution in [3.8, 4) is 0 Å². The molecule has 2 aromatic rings. The Morgan fingerprint density at radius 3 is 2.44 bits per heavy atom.